The first-order chi connectivity index (χ1) is 8.11. The zero-order chi connectivity index (χ0) is 12.4. The number of rotatable bonds is 3. The molecule has 0 spiro atoms. The predicted octanol–water partition coefficient (Wildman–Crippen LogP) is 2.39. The van der Waals surface area contributed by atoms with Gasteiger partial charge in [0.1, 0.15) is 5.75 Å². The van der Waals surface area contributed by atoms with Crippen LogP contribution in [0.3, 0.4) is 0 Å². The Balaban J connectivity index is 0.00000162. The van der Waals surface area contributed by atoms with Crippen molar-refractivity contribution in [3.8, 4) is 5.75 Å². The molecule has 0 saturated carbocycles. The van der Waals surface area contributed by atoms with Gasteiger partial charge in [-0.3, -0.25) is 4.79 Å². The van der Waals surface area contributed by atoms with Crippen LogP contribution in [-0.4, -0.2) is 69.6 Å². The third kappa shape index (κ3) is 3.33. The molecule has 0 aliphatic heterocycles. The molecule has 18 heavy (non-hydrogen) atoms. The van der Waals surface area contributed by atoms with Gasteiger partial charge in [0.05, 0.1) is 13.0 Å². The number of benzene rings is 2. The van der Waals surface area contributed by atoms with Crippen molar-refractivity contribution in [1.82, 2.24) is 0 Å². The van der Waals surface area contributed by atoms with E-state index in [-0.39, 0.29) is 51.4 Å². The molecular formula is C14H15KO3. The summed E-state index contributed by atoms with van der Waals surface area (Å²) in [5.41, 5.74) is 0.815. The molecule has 0 amide bonds. The molecule has 0 unspecified atom stereocenters. The van der Waals surface area contributed by atoms with Gasteiger partial charge in [0.25, 0.3) is 0 Å². The summed E-state index contributed by atoms with van der Waals surface area (Å²) >= 11 is 0. The Hall–Kier alpha value is -0.394. The molecule has 2 aromatic rings. The molecule has 0 radical (unpaired) electrons. The number of ether oxygens (including phenoxy) is 1. The van der Waals surface area contributed by atoms with Gasteiger partial charge < -0.3 is 9.84 Å². The average Bonchev–Trinajstić information content (AvgIpc) is 2.36. The number of carboxylic acids is 1. The van der Waals surface area contributed by atoms with E-state index in [1.165, 1.54) is 0 Å². The fourth-order valence-electron chi connectivity index (χ4n) is 1.78. The van der Waals surface area contributed by atoms with Crippen LogP contribution in [0.4, 0.5) is 0 Å². The van der Waals surface area contributed by atoms with Crippen LogP contribution in [0.25, 0.3) is 10.8 Å². The fraction of sp³-hybridized carbons (Fsp3) is 0.214. The summed E-state index contributed by atoms with van der Waals surface area (Å²) in [4.78, 5) is 10.9. The minimum absolute atomic E-state index is 0. The SMILES string of the molecule is COc1ccc2cc([C@H](C)C(=O)O)ccc2c1.[KH]. The topological polar surface area (TPSA) is 46.5 Å². The van der Waals surface area contributed by atoms with Crippen molar-refractivity contribution in [2.75, 3.05) is 7.11 Å². The normalized spacial score (nSPS) is 11.7. The van der Waals surface area contributed by atoms with Gasteiger partial charge in [0.15, 0.2) is 0 Å². The summed E-state index contributed by atoms with van der Waals surface area (Å²) in [6.45, 7) is 1.69. The van der Waals surface area contributed by atoms with Gasteiger partial charge in [-0.2, -0.15) is 0 Å². The second kappa shape index (κ2) is 6.68. The summed E-state index contributed by atoms with van der Waals surface area (Å²) in [6.07, 6.45) is 0. The molecule has 1 N–H and O–H groups in total. The summed E-state index contributed by atoms with van der Waals surface area (Å²) in [7, 11) is 1.63. The Bertz CT molecular complexity index is 566. The third-order valence-electron chi connectivity index (χ3n) is 2.94. The Labute approximate surface area is 149 Å². The molecule has 4 heteroatoms. The van der Waals surface area contributed by atoms with Crippen LogP contribution < -0.4 is 4.74 Å². The van der Waals surface area contributed by atoms with Gasteiger partial charge >= 0.3 is 57.4 Å². The quantitative estimate of drug-likeness (QED) is 0.871. The van der Waals surface area contributed by atoms with E-state index in [1.807, 2.05) is 36.4 Å². The maximum absolute atomic E-state index is 10.9. The Kier molecular flexibility index (Phi) is 5.81. The van der Waals surface area contributed by atoms with Crippen LogP contribution >= 0.6 is 0 Å². The number of hydrogen-bond acceptors (Lipinski definition) is 2. The van der Waals surface area contributed by atoms with Crippen LogP contribution in [0.2, 0.25) is 0 Å². The zero-order valence-corrected chi connectivity index (χ0v) is 9.81. The first-order valence-corrected chi connectivity index (χ1v) is 5.42. The molecule has 2 aromatic carbocycles. The van der Waals surface area contributed by atoms with E-state index in [4.69, 9.17) is 9.84 Å². The van der Waals surface area contributed by atoms with E-state index in [0.29, 0.717) is 0 Å². The molecule has 3 nitrogen and oxygen atoms in total. The van der Waals surface area contributed by atoms with Crippen molar-refractivity contribution < 1.29 is 14.6 Å². The zero-order valence-electron chi connectivity index (χ0n) is 9.81. The molecule has 0 aromatic heterocycles. The van der Waals surface area contributed by atoms with Crippen molar-refractivity contribution >= 4 is 68.1 Å². The molecule has 2 rings (SSSR count). The first-order valence-electron chi connectivity index (χ1n) is 5.42. The fourth-order valence-corrected chi connectivity index (χ4v) is 1.78. The van der Waals surface area contributed by atoms with Gasteiger partial charge in [-0.05, 0) is 35.4 Å². The van der Waals surface area contributed by atoms with Gasteiger partial charge in [-0.25, -0.2) is 0 Å². The number of carbonyl (C=O) groups is 1. The standard InChI is InChI=1S/C14H14O3.K.H/c1-9(14(15)16)10-3-4-12-8-13(17-2)6-5-11(12)7-10;;/h3-9H,1-2H3,(H,15,16);;/t9-;;/m0../s1. The molecule has 0 aliphatic carbocycles. The monoisotopic (exact) mass is 270 g/mol. The van der Waals surface area contributed by atoms with E-state index in [0.717, 1.165) is 22.1 Å². The van der Waals surface area contributed by atoms with Crippen molar-refractivity contribution in [3.63, 3.8) is 0 Å². The molecule has 90 valence electrons. The molecule has 0 heterocycles. The molecular weight excluding hydrogens is 255 g/mol. The first kappa shape index (κ1) is 15.7. The maximum atomic E-state index is 10.9. The predicted molar refractivity (Wildman–Crippen MR) is 73.7 cm³/mol. The van der Waals surface area contributed by atoms with Crippen LogP contribution in [0.5, 0.6) is 5.75 Å². The van der Waals surface area contributed by atoms with E-state index in [2.05, 4.69) is 0 Å². The molecule has 1 atom stereocenters. The van der Waals surface area contributed by atoms with Gasteiger partial charge in [0, 0.05) is 0 Å². The molecule has 0 fully saturated rings. The van der Waals surface area contributed by atoms with Crippen molar-refractivity contribution in [3.05, 3.63) is 42.0 Å². The van der Waals surface area contributed by atoms with Gasteiger partial charge in [0.2, 0.25) is 0 Å². The Morgan fingerprint density at radius 1 is 1.17 bits per heavy atom. The number of fused-ring (bicyclic) bond motifs is 1. The van der Waals surface area contributed by atoms with Crippen LogP contribution in [0.1, 0.15) is 18.4 Å². The molecule has 0 bridgehead atoms. The molecule has 0 saturated heterocycles. The van der Waals surface area contributed by atoms with Crippen molar-refractivity contribution in [2.24, 2.45) is 0 Å². The minimum atomic E-state index is -0.808. The summed E-state index contributed by atoms with van der Waals surface area (Å²) in [6, 6.07) is 11.4. The van der Waals surface area contributed by atoms with Crippen molar-refractivity contribution in [1.29, 1.82) is 0 Å². The Morgan fingerprint density at radius 2 is 1.78 bits per heavy atom. The third-order valence-corrected chi connectivity index (χ3v) is 2.94. The summed E-state index contributed by atoms with van der Waals surface area (Å²) < 4.78 is 5.14. The second-order valence-corrected chi connectivity index (χ2v) is 4.03. The average molecular weight is 270 g/mol. The van der Waals surface area contributed by atoms with Crippen LogP contribution in [0.15, 0.2) is 36.4 Å². The van der Waals surface area contributed by atoms with E-state index >= 15 is 0 Å². The van der Waals surface area contributed by atoms with Crippen LogP contribution in [0, 0.1) is 0 Å². The molecule has 0 aliphatic rings. The van der Waals surface area contributed by atoms with E-state index < -0.39 is 11.9 Å². The van der Waals surface area contributed by atoms with Crippen LogP contribution in [-0.2, 0) is 4.79 Å². The van der Waals surface area contributed by atoms with Gasteiger partial charge in [-0.15, -0.1) is 0 Å². The number of carboxylic acid groups (broad SMARTS) is 1. The van der Waals surface area contributed by atoms with E-state index in [1.54, 1.807) is 14.0 Å². The number of methoxy groups -OCH3 is 1. The summed E-state index contributed by atoms with van der Waals surface area (Å²) in [5.74, 6) is -0.490. The number of hydrogen-bond donors (Lipinski definition) is 1. The Morgan fingerprint density at radius 3 is 2.39 bits per heavy atom. The summed E-state index contributed by atoms with van der Waals surface area (Å²) in [5, 5.41) is 11.0. The van der Waals surface area contributed by atoms with Gasteiger partial charge in [-0.1, -0.05) is 24.3 Å². The number of aliphatic carboxylic acids is 1. The van der Waals surface area contributed by atoms with Crippen molar-refractivity contribution in [2.45, 2.75) is 12.8 Å². The second-order valence-electron chi connectivity index (χ2n) is 4.03. The van der Waals surface area contributed by atoms with E-state index in [9.17, 15) is 4.79 Å².